The molecule has 2 heterocycles. The van der Waals surface area contributed by atoms with E-state index < -0.39 is 50.8 Å². The van der Waals surface area contributed by atoms with E-state index in [-0.39, 0.29) is 17.7 Å². The minimum absolute atomic E-state index is 0.0449. The van der Waals surface area contributed by atoms with E-state index >= 15 is 0 Å². The number of benzene rings is 1. The summed E-state index contributed by atoms with van der Waals surface area (Å²) >= 11 is 2.78. The number of ether oxygens (including phenoxy) is 1. The van der Waals surface area contributed by atoms with Crippen LogP contribution in [0.25, 0.3) is 10.9 Å². The van der Waals surface area contributed by atoms with Crippen LogP contribution in [0.4, 0.5) is 29.1 Å². The van der Waals surface area contributed by atoms with Crippen molar-refractivity contribution in [1.82, 2.24) is 9.97 Å². The third-order valence-electron chi connectivity index (χ3n) is 4.35. The summed E-state index contributed by atoms with van der Waals surface area (Å²) in [6.07, 6.45) is -3.66. The fourth-order valence-electron chi connectivity index (χ4n) is 3.14. The quantitative estimate of drug-likeness (QED) is 0.402. The predicted octanol–water partition coefficient (Wildman–Crippen LogP) is 3.73. The number of fused-ring (bicyclic) bond motifs is 1. The number of nitro groups is 1. The van der Waals surface area contributed by atoms with Crippen LogP contribution in [0.1, 0.15) is 19.8 Å². The maximum atomic E-state index is 14.8. The number of alkyl halides is 3. The second-order valence-corrected chi connectivity index (χ2v) is 7.73. The highest BCUT2D eigenvalue weighted by Crippen LogP contribution is 2.38. The molecule has 0 spiro atoms. The van der Waals surface area contributed by atoms with Crippen LogP contribution in [0.15, 0.2) is 10.5 Å². The maximum absolute atomic E-state index is 14.8. The van der Waals surface area contributed by atoms with Crippen LogP contribution in [-0.2, 0) is 0 Å². The molecule has 1 atom stereocenters. The molecule has 0 saturated carbocycles. The van der Waals surface area contributed by atoms with Gasteiger partial charge in [0.05, 0.1) is 15.9 Å². The highest BCUT2D eigenvalue weighted by molar-refractivity contribution is 9.10. The number of halogens is 5. The van der Waals surface area contributed by atoms with Gasteiger partial charge >= 0.3 is 12.2 Å². The molecule has 0 radical (unpaired) electrons. The summed E-state index contributed by atoms with van der Waals surface area (Å²) < 4.78 is 56.4. The van der Waals surface area contributed by atoms with Crippen molar-refractivity contribution in [2.45, 2.75) is 31.5 Å². The largest absolute Gasteiger partial charge is 0.454 e. The third kappa shape index (κ3) is 4.66. The standard InChI is InChI=1S/C16H15BrF4N4O4/c1-15(26)3-2-4-24(6-15)13-8-5-9(25(27)28)10(17)11(18)12(8)22-14(23-13)29-7-16(19,20)21/h5,26H,2-4,6-7H2,1H3. The van der Waals surface area contributed by atoms with Crippen LogP contribution in [0.5, 0.6) is 6.01 Å². The van der Waals surface area contributed by atoms with Crippen LogP contribution < -0.4 is 9.64 Å². The zero-order valence-electron chi connectivity index (χ0n) is 15.0. The molecule has 0 aliphatic carbocycles. The molecule has 1 N–H and O–H groups in total. The highest BCUT2D eigenvalue weighted by atomic mass is 79.9. The minimum Gasteiger partial charge on any atom is -0.454 e. The summed E-state index contributed by atoms with van der Waals surface area (Å²) in [5, 5.41) is 21.5. The molecule has 1 aliphatic heterocycles. The molecular formula is C16H15BrF4N4O4. The second-order valence-electron chi connectivity index (χ2n) is 6.93. The lowest BCUT2D eigenvalue weighted by Gasteiger charge is -2.37. The van der Waals surface area contributed by atoms with Gasteiger partial charge in [0.2, 0.25) is 0 Å². The molecular weight excluding hydrogens is 468 g/mol. The number of hydrogen-bond donors (Lipinski definition) is 1. The van der Waals surface area contributed by atoms with Gasteiger partial charge in [-0.1, -0.05) is 0 Å². The number of rotatable bonds is 4. The summed E-state index contributed by atoms with van der Waals surface area (Å²) in [6.45, 7) is 0.282. The average Bonchev–Trinajstić information content (AvgIpc) is 2.60. The van der Waals surface area contributed by atoms with Crippen molar-refractivity contribution in [2.75, 3.05) is 24.6 Å². The molecule has 13 heteroatoms. The van der Waals surface area contributed by atoms with E-state index in [0.29, 0.717) is 19.4 Å². The van der Waals surface area contributed by atoms with Gasteiger partial charge in [0, 0.05) is 19.2 Å². The van der Waals surface area contributed by atoms with Gasteiger partial charge in [0.15, 0.2) is 12.4 Å². The number of aliphatic hydroxyl groups is 1. The van der Waals surface area contributed by atoms with Crippen molar-refractivity contribution in [1.29, 1.82) is 0 Å². The van der Waals surface area contributed by atoms with E-state index in [2.05, 4.69) is 30.6 Å². The van der Waals surface area contributed by atoms with Crippen molar-refractivity contribution in [2.24, 2.45) is 0 Å². The normalized spacial score (nSPS) is 20.2. The van der Waals surface area contributed by atoms with Gasteiger partial charge in [-0.05, 0) is 35.7 Å². The van der Waals surface area contributed by atoms with Crippen molar-refractivity contribution < 1.29 is 32.3 Å². The topological polar surface area (TPSA) is 102 Å². The van der Waals surface area contributed by atoms with Crippen molar-refractivity contribution >= 4 is 38.3 Å². The summed E-state index contributed by atoms with van der Waals surface area (Å²) in [5.41, 5.74) is -2.15. The van der Waals surface area contributed by atoms with Crippen LogP contribution in [0, 0.1) is 15.9 Å². The smallest absolute Gasteiger partial charge is 0.422 e. The number of piperidine rings is 1. The number of nitrogens with zero attached hydrogens (tertiary/aromatic N) is 4. The zero-order chi connectivity index (χ0) is 21.6. The lowest BCUT2D eigenvalue weighted by molar-refractivity contribution is -0.385. The Morgan fingerprint density at radius 3 is 2.72 bits per heavy atom. The fraction of sp³-hybridized carbons (Fsp3) is 0.500. The van der Waals surface area contributed by atoms with Crippen LogP contribution in [0.3, 0.4) is 0 Å². The number of anilines is 1. The summed E-state index contributed by atoms with van der Waals surface area (Å²) in [7, 11) is 0. The van der Waals surface area contributed by atoms with E-state index in [1.807, 2.05) is 0 Å². The molecule has 1 aliphatic rings. The molecule has 0 bridgehead atoms. The first-order valence-corrected chi connectivity index (χ1v) is 9.18. The number of nitro benzene ring substituents is 1. The Balaban J connectivity index is 2.20. The molecule has 1 aromatic heterocycles. The number of β-amino-alcohol motifs (C(OH)–C–C–N with tert-alkyl or cyclic N) is 1. The molecule has 1 fully saturated rings. The van der Waals surface area contributed by atoms with Crippen molar-refractivity contribution in [3.63, 3.8) is 0 Å². The molecule has 1 saturated heterocycles. The fourth-order valence-corrected chi connectivity index (χ4v) is 3.59. The van der Waals surface area contributed by atoms with Gasteiger partial charge in [-0.15, -0.1) is 0 Å². The van der Waals surface area contributed by atoms with Gasteiger partial charge in [-0.2, -0.15) is 23.1 Å². The zero-order valence-corrected chi connectivity index (χ0v) is 16.5. The molecule has 8 nitrogen and oxygen atoms in total. The van der Waals surface area contributed by atoms with E-state index in [9.17, 15) is 32.8 Å². The summed E-state index contributed by atoms with van der Waals surface area (Å²) in [6, 6.07) is 0.309. The first kappa shape index (κ1) is 21.4. The third-order valence-corrected chi connectivity index (χ3v) is 5.10. The van der Waals surface area contributed by atoms with Crippen molar-refractivity contribution in [3.8, 4) is 6.01 Å². The first-order valence-electron chi connectivity index (χ1n) is 8.39. The SMILES string of the molecule is CC1(O)CCCN(c2nc(OCC(F)(F)F)nc3c(F)c(Br)c([N+](=O)[O-])cc23)C1. The predicted molar refractivity (Wildman–Crippen MR) is 97.5 cm³/mol. The summed E-state index contributed by atoms with van der Waals surface area (Å²) in [5.74, 6) is -1.18. The molecule has 29 heavy (non-hydrogen) atoms. The minimum atomic E-state index is -4.66. The van der Waals surface area contributed by atoms with E-state index in [1.54, 1.807) is 6.92 Å². The van der Waals surface area contributed by atoms with Gasteiger partial charge in [-0.25, -0.2) is 4.39 Å². The van der Waals surface area contributed by atoms with E-state index in [4.69, 9.17) is 0 Å². The number of aromatic nitrogens is 2. The Morgan fingerprint density at radius 2 is 2.14 bits per heavy atom. The highest BCUT2D eigenvalue weighted by Gasteiger charge is 2.33. The molecule has 158 valence electrons. The first-order chi connectivity index (χ1) is 13.4. The maximum Gasteiger partial charge on any atom is 0.422 e. The van der Waals surface area contributed by atoms with Crippen molar-refractivity contribution in [3.05, 3.63) is 26.5 Å². The Morgan fingerprint density at radius 1 is 1.45 bits per heavy atom. The summed E-state index contributed by atoms with van der Waals surface area (Å²) in [4.78, 5) is 19.6. The monoisotopic (exact) mass is 482 g/mol. The molecule has 3 rings (SSSR count). The van der Waals surface area contributed by atoms with Gasteiger partial charge in [-0.3, -0.25) is 10.1 Å². The van der Waals surface area contributed by atoms with E-state index in [0.717, 1.165) is 6.07 Å². The molecule has 2 aromatic rings. The van der Waals surface area contributed by atoms with Crippen LogP contribution in [0.2, 0.25) is 0 Å². The second kappa shape index (κ2) is 7.52. The Hall–Kier alpha value is -2.28. The van der Waals surface area contributed by atoms with Gasteiger partial charge in [0.1, 0.15) is 15.8 Å². The molecule has 0 amide bonds. The molecule has 1 aromatic carbocycles. The number of hydrogen-bond acceptors (Lipinski definition) is 7. The van der Waals surface area contributed by atoms with E-state index in [1.165, 1.54) is 4.90 Å². The average molecular weight is 483 g/mol. The van der Waals surface area contributed by atoms with Gasteiger partial charge in [0.25, 0.3) is 5.69 Å². The van der Waals surface area contributed by atoms with Crippen LogP contribution >= 0.6 is 15.9 Å². The Labute approximate surface area is 169 Å². The lowest BCUT2D eigenvalue weighted by Crippen LogP contribution is -2.46. The van der Waals surface area contributed by atoms with Crippen LogP contribution in [-0.4, -0.2) is 51.5 Å². The van der Waals surface area contributed by atoms with Gasteiger partial charge < -0.3 is 14.7 Å². The lowest BCUT2D eigenvalue weighted by atomic mass is 9.95. The molecule has 1 unspecified atom stereocenters. The Bertz CT molecular complexity index is 970. The Kier molecular flexibility index (Phi) is 5.56.